The van der Waals surface area contributed by atoms with Gasteiger partial charge in [-0.2, -0.15) is 0 Å². The molecule has 1 N–H and O–H groups in total. The third-order valence-corrected chi connectivity index (χ3v) is 5.11. The minimum absolute atomic E-state index is 0.114. The number of fused-ring (bicyclic) bond motifs is 1. The molecule has 2 rings (SSSR count). The average molecular weight is 222 g/mol. The van der Waals surface area contributed by atoms with Gasteiger partial charge in [0, 0.05) is 0 Å². The average Bonchev–Trinajstić information content (AvgIpc) is 2.24. The largest absolute Gasteiger partial charge is 0.393 e. The summed E-state index contributed by atoms with van der Waals surface area (Å²) in [5, 5.41) is 10.0. The maximum atomic E-state index is 10.0. The van der Waals surface area contributed by atoms with Crippen molar-refractivity contribution in [3.05, 3.63) is 12.2 Å². The van der Waals surface area contributed by atoms with Gasteiger partial charge in [-0.1, -0.05) is 32.9 Å². The van der Waals surface area contributed by atoms with E-state index in [1.54, 1.807) is 0 Å². The van der Waals surface area contributed by atoms with Crippen molar-refractivity contribution >= 4 is 0 Å². The van der Waals surface area contributed by atoms with E-state index in [4.69, 9.17) is 0 Å². The Morgan fingerprint density at radius 1 is 1.25 bits per heavy atom. The molecule has 0 radical (unpaired) electrons. The van der Waals surface area contributed by atoms with Gasteiger partial charge in [-0.05, 0) is 55.3 Å². The van der Waals surface area contributed by atoms with E-state index in [1.165, 1.54) is 24.8 Å². The molecule has 0 spiro atoms. The summed E-state index contributed by atoms with van der Waals surface area (Å²) in [7, 11) is 0. The van der Waals surface area contributed by atoms with Crippen LogP contribution in [-0.2, 0) is 0 Å². The second kappa shape index (κ2) is 4.18. The van der Waals surface area contributed by atoms with E-state index >= 15 is 0 Å². The van der Waals surface area contributed by atoms with Crippen molar-refractivity contribution < 1.29 is 5.11 Å². The highest BCUT2D eigenvalue weighted by Gasteiger charge is 2.47. The van der Waals surface area contributed by atoms with E-state index < -0.39 is 0 Å². The summed E-state index contributed by atoms with van der Waals surface area (Å²) in [6, 6.07) is 0. The lowest BCUT2D eigenvalue weighted by atomic mass is 9.52. The summed E-state index contributed by atoms with van der Waals surface area (Å²) in [5.41, 5.74) is 1.90. The van der Waals surface area contributed by atoms with Crippen molar-refractivity contribution in [1.29, 1.82) is 0 Å². The molecule has 0 bridgehead atoms. The molecule has 92 valence electrons. The molecule has 16 heavy (non-hydrogen) atoms. The molecule has 0 heterocycles. The Labute approximate surface area is 99.9 Å². The van der Waals surface area contributed by atoms with Gasteiger partial charge in [-0.25, -0.2) is 0 Å². The summed E-state index contributed by atoms with van der Waals surface area (Å²) in [4.78, 5) is 0. The summed E-state index contributed by atoms with van der Waals surface area (Å²) in [6.07, 6.45) is 5.60. The van der Waals surface area contributed by atoms with Crippen LogP contribution in [0.2, 0.25) is 0 Å². The molecule has 4 unspecified atom stereocenters. The zero-order valence-electron chi connectivity index (χ0n) is 11.0. The van der Waals surface area contributed by atoms with Crippen LogP contribution in [0.15, 0.2) is 12.2 Å². The summed E-state index contributed by atoms with van der Waals surface area (Å²) < 4.78 is 0. The van der Waals surface area contributed by atoms with Crippen molar-refractivity contribution in [3.8, 4) is 0 Å². The number of aliphatic hydroxyl groups is 1. The van der Waals surface area contributed by atoms with Gasteiger partial charge in [0.1, 0.15) is 0 Å². The van der Waals surface area contributed by atoms with Crippen LogP contribution < -0.4 is 0 Å². The third kappa shape index (κ3) is 2.07. The van der Waals surface area contributed by atoms with Crippen LogP contribution in [0.1, 0.15) is 52.9 Å². The summed E-state index contributed by atoms with van der Waals surface area (Å²) in [5.74, 6) is 2.02. The number of rotatable bonds is 0. The van der Waals surface area contributed by atoms with Gasteiger partial charge in [0.25, 0.3) is 0 Å². The van der Waals surface area contributed by atoms with E-state index in [0.29, 0.717) is 11.3 Å². The lowest BCUT2D eigenvalue weighted by Gasteiger charge is -2.53. The fraction of sp³-hybridized carbons (Fsp3) is 0.867. The highest BCUT2D eigenvalue weighted by molar-refractivity contribution is 5.13. The maximum Gasteiger partial charge on any atom is 0.0568 e. The third-order valence-electron chi connectivity index (χ3n) is 5.11. The molecule has 2 aliphatic rings. The van der Waals surface area contributed by atoms with Gasteiger partial charge in [0.2, 0.25) is 0 Å². The van der Waals surface area contributed by atoms with Crippen molar-refractivity contribution in [1.82, 2.24) is 0 Å². The Bertz CT molecular complexity index is 279. The SMILES string of the molecule is C=C1CCC(O)C(C)CCC2C1CC2(C)C. The number of hydrogen-bond donors (Lipinski definition) is 1. The van der Waals surface area contributed by atoms with E-state index in [2.05, 4.69) is 27.4 Å². The Balaban J connectivity index is 2.09. The monoisotopic (exact) mass is 222 g/mol. The highest BCUT2D eigenvalue weighted by atomic mass is 16.3. The molecule has 0 aromatic carbocycles. The number of hydrogen-bond acceptors (Lipinski definition) is 1. The van der Waals surface area contributed by atoms with Crippen LogP contribution in [0.3, 0.4) is 0 Å². The molecule has 4 atom stereocenters. The maximum absolute atomic E-state index is 10.0. The zero-order chi connectivity index (χ0) is 11.9. The van der Waals surface area contributed by atoms with Gasteiger partial charge in [-0.3, -0.25) is 0 Å². The Kier molecular flexibility index (Phi) is 3.18. The van der Waals surface area contributed by atoms with Gasteiger partial charge >= 0.3 is 0 Å². The molecule has 0 aromatic rings. The van der Waals surface area contributed by atoms with E-state index in [1.807, 2.05) is 0 Å². The number of aliphatic hydroxyl groups excluding tert-OH is 1. The first-order valence-electron chi connectivity index (χ1n) is 6.77. The van der Waals surface area contributed by atoms with Crippen molar-refractivity contribution in [2.45, 2.75) is 59.0 Å². The summed E-state index contributed by atoms with van der Waals surface area (Å²) in [6.45, 7) is 11.2. The molecule has 0 aromatic heterocycles. The molecule has 2 aliphatic carbocycles. The second-order valence-corrected chi connectivity index (χ2v) is 6.72. The van der Waals surface area contributed by atoms with Crippen LogP contribution >= 0.6 is 0 Å². The highest BCUT2D eigenvalue weighted by Crippen LogP contribution is 2.56. The minimum atomic E-state index is -0.114. The Morgan fingerprint density at radius 3 is 2.56 bits per heavy atom. The Morgan fingerprint density at radius 2 is 1.94 bits per heavy atom. The predicted octanol–water partition coefficient (Wildman–Crippen LogP) is 3.78. The molecule has 1 heteroatoms. The topological polar surface area (TPSA) is 20.2 Å². The van der Waals surface area contributed by atoms with Crippen molar-refractivity contribution in [2.24, 2.45) is 23.2 Å². The lowest BCUT2D eigenvalue weighted by Crippen LogP contribution is -2.44. The zero-order valence-corrected chi connectivity index (χ0v) is 11.0. The molecule has 2 saturated carbocycles. The summed E-state index contributed by atoms with van der Waals surface area (Å²) >= 11 is 0. The Hall–Kier alpha value is -0.300. The lowest BCUT2D eigenvalue weighted by molar-refractivity contribution is -0.000989. The van der Waals surface area contributed by atoms with Crippen molar-refractivity contribution in [2.75, 3.05) is 0 Å². The van der Waals surface area contributed by atoms with Crippen LogP contribution in [0.25, 0.3) is 0 Å². The van der Waals surface area contributed by atoms with Crippen LogP contribution in [-0.4, -0.2) is 11.2 Å². The van der Waals surface area contributed by atoms with E-state index in [9.17, 15) is 5.11 Å². The van der Waals surface area contributed by atoms with Gasteiger partial charge in [0.15, 0.2) is 0 Å². The van der Waals surface area contributed by atoms with Crippen LogP contribution in [0.5, 0.6) is 0 Å². The molecule has 0 saturated heterocycles. The molecule has 0 aliphatic heterocycles. The minimum Gasteiger partial charge on any atom is -0.393 e. The fourth-order valence-electron chi connectivity index (χ4n) is 3.70. The molecule has 2 fully saturated rings. The predicted molar refractivity (Wildman–Crippen MR) is 68.2 cm³/mol. The number of allylic oxidation sites excluding steroid dienone is 1. The van der Waals surface area contributed by atoms with E-state index in [-0.39, 0.29) is 6.10 Å². The van der Waals surface area contributed by atoms with Crippen molar-refractivity contribution in [3.63, 3.8) is 0 Å². The first-order valence-corrected chi connectivity index (χ1v) is 6.77. The van der Waals surface area contributed by atoms with E-state index in [0.717, 1.165) is 24.7 Å². The first kappa shape index (κ1) is 12.2. The standard InChI is InChI=1S/C15H26O/c1-10-6-8-14(16)11(2)5-7-13-12(10)9-15(13,3)4/h11-14,16H,1,5-9H2,2-4H3. The fourth-order valence-corrected chi connectivity index (χ4v) is 3.70. The van der Waals surface area contributed by atoms with Crippen LogP contribution in [0.4, 0.5) is 0 Å². The molecular formula is C15H26O. The quantitative estimate of drug-likeness (QED) is 0.618. The molecule has 0 amide bonds. The first-order chi connectivity index (χ1) is 7.42. The second-order valence-electron chi connectivity index (χ2n) is 6.72. The molecular weight excluding hydrogens is 196 g/mol. The van der Waals surface area contributed by atoms with Gasteiger partial charge < -0.3 is 5.11 Å². The van der Waals surface area contributed by atoms with Crippen LogP contribution in [0, 0.1) is 23.2 Å². The smallest absolute Gasteiger partial charge is 0.0568 e. The molecule has 1 nitrogen and oxygen atoms in total. The normalized spacial score (nSPS) is 43.6. The van der Waals surface area contributed by atoms with Gasteiger partial charge in [0.05, 0.1) is 6.10 Å². The van der Waals surface area contributed by atoms with Gasteiger partial charge in [-0.15, -0.1) is 0 Å².